The van der Waals surface area contributed by atoms with Gasteiger partial charge in [-0.25, -0.2) is 4.79 Å². The Labute approximate surface area is 237 Å². The Bertz CT molecular complexity index is 1410. The van der Waals surface area contributed by atoms with Crippen LogP contribution in [0.1, 0.15) is 67.3 Å². The molecule has 1 aliphatic rings. The van der Waals surface area contributed by atoms with E-state index in [0.717, 1.165) is 34.2 Å². The Morgan fingerprint density at radius 2 is 1.62 bits per heavy atom. The van der Waals surface area contributed by atoms with Crippen LogP contribution in [0.15, 0.2) is 66.7 Å². The molecule has 7 heteroatoms. The molecule has 0 saturated heterocycles. The van der Waals surface area contributed by atoms with Crippen molar-refractivity contribution in [3.05, 3.63) is 94.5 Å². The number of amides is 4. The Morgan fingerprint density at radius 1 is 0.975 bits per heavy atom. The number of urea groups is 1. The van der Waals surface area contributed by atoms with Gasteiger partial charge in [-0.3, -0.25) is 14.5 Å². The van der Waals surface area contributed by atoms with Crippen LogP contribution < -0.4 is 20.9 Å². The van der Waals surface area contributed by atoms with Crippen molar-refractivity contribution < 1.29 is 14.4 Å². The van der Waals surface area contributed by atoms with Crippen molar-refractivity contribution in [1.29, 1.82) is 0 Å². The van der Waals surface area contributed by atoms with E-state index < -0.39 is 17.6 Å². The maximum atomic E-state index is 14.5. The summed E-state index contributed by atoms with van der Waals surface area (Å²) in [6, 6.07) is 20.0. The lowest BCUT2D eigenvalue weighted by Gasteiger charge is -2.33. The predicted molar refractivity (Wildman–Crippen MR) is 161 cm³/mol. The first kappa shape index (κ1) is 28.9. The highest BCUT2D eigenvalue weighted by molar-refractivity contribution is 6.08. The Balaban J connectivity index is 1.90. The van der Waals surface area contributed by atoms with Crippen LogP contribution in [0.4, 0.5) is 16.2 Å². The number of hydrogen-bond donors (Lipinski definition) is 2. The molecule has 1 heterocycles. The summed E-state index contributed by atoms with van der Waals surface area (Å²) in [5.41, 5.74) is 11.8. The highest BCUT2D eigenvalue weighted by Crippen LogP contribution is 2.41. The molecule has 0 spiro atoms. The lowest BCUT2D eigenvalue weighted by Crippen LogP contribution is -2.55. The van der Waals surface area contributed by atoms with Crippen LogP contribution >= 0.6 is 0 Å². The summed E-state index contributed by atoms with van der Waals surface area (Å²) in [6.07, 6.45) is 1.05. The number of aryl methyl sites for hydroxylation is 3. The molecule has 4 amide bonds. The minimum atomic E-state index is -0.926. The largest absolute Gasteiger partial charge is 0.351 e. The highest BCUT2D eigenvalue weighted by Gasteiger charge is 2.41. The molecule has 210 valence electrons. The number of nitrogens with one attached hydrogen (secondary N) is 1. The Morgan fingerprint density at radius 3 is 2.25 bits per heavy atom. The van der Waals surface area contributed by atoms with E-state index in [4.69, 9.17) is 5.73 Å². The number of benzene rings is 3. The second-order valence-electron chi connectivity index (χ2n) is 11.5. The van der Waals surface area contributed by atoms with E-state index in [0.29, 0.717) is 17.8 Å². The second-order valence-corrected chi connectivity index (χ2v) is 11.5. The van der Waals surface area contributed by atoms with Crippen molar-refractivity contribution in [1.82, 2.24) is 5.32 Å². The molecule has 7 nitrogen and oxygen atoms in total. The van der Waals surface area contributed by atoms with E-state index in [2.05, 4.69) is 29.6 Å². The minimum absolute atomic E-state index is 0.170. The van der Waals surface area contributed by atoms with Gasteiger partial charge in [-0.1, -0.05) is 61.0 Å². The summed E-state index contributed by atoms with van der Waals surface area (Å²) < 4.78 is 0. The molecule has 4 rings (SSSR count). The molecule has 0 saturated carbocycles. The smallest absolute Gasteiger partial charge is 0.320 e. The number of carbonyl (C=O) groups is 3. The number of anilines is 2. The zero-order valence-corrected chi connectivity index (χ0v) is 24.3. The third-order valence-corrected chi connectivity index (χ3v) is 7.83. The van der Waals surface area contributed by atoms with Crippen molar-refractivity contribution in [3.63, 3.8) is 0 Å². The number of nitrogens with zero attached hydrogens (tertiary/aromatic N) is 2. The Kier molecular flexibility index (Phi) is 8.33. The topological polar surface area (TPSA) is 95.7 Å². The van der Waals surface area contributed by atoms with Crippen LogP contribution in [0.3, 0.4) is 0 Å². The second kappa shape index (κ2) is 11.5. The van der Waals surface area contributed by atoms with Gasteiger partial charge in [-0.05, 0) is 87.9 Å². The van der Waals surface area contributed by atoms with Crippen LogP contribution in [0.5, 0.6) is 0 Å². The molecular weight excluding hydrogens is 500 g/mol. The molecule has 0 radical (unpaired) electrons. The predicted octanol–water partition coefficient (Wildman–Crippen LogP) is 5.74. The summed E-state index contributed by atoms with van der Waals surface area (Å²) in [5, 5.41) is 3.06. The molecule has 2 unspecified atom stereocenters. The first-order chi connectivity index (χ1) is 18.9. The summed E-state index contributed by atoms with van der Waals surface area (Å²) in [7, 11) is 0. The van der Waals surface area contributed by atoms with E-state index in [1.165, 1.54) is 9.80 Å². The average molecular weight is 541 g/mol. The number of rotatable bonds is 7. The van der Waals surface area contributed by atoms with Crippen molar-refractivity contribution in [3.8, 4) is 0 Å². The summed E-state index contributed by atoms with van der Waals surface area (Å²) >= 11 is 0. The summed E-state index contributed by atoms with van der Waals surface area (Å²) in [4.78, 5) is 43.8. The van der Waals surface area contributed by atoms with E-state index >= 15 is 0 Å². The van der Waals surface area contributed by atoms with Crippen molar-refractivity contribution in [2.45, 2.75) is 71.9 Å². The van der Waals surface area contributed by atoms with Crippen LogP contribution in [-0.4, -0.2) is 36.0 Å². The summed E-state index contributed by atoms with van der Waals surface area (Å²) in [6.45, 7) is 11.7. The van der Waals surface area contributed by atoms with Gasteiger partial charge < -0.3 is 16.0 Å². The number of fused-ring (bicyclic) bond motifs is 1. The monoisotopic (exact) mass is 540 g/mol. The van der Waals surface area contributed by atoms with Crippen LogP contribution in [-0.2, 0) is 9.59 Å². The number of hydrogen-bond acceptors (Lipinski definition) is 3. The van der Waals surface area contributed by atoms with E-state index in [1.54, 1.807) is 6.07 Å². The molecule has 2 atom stereocenters. The van der Waals surface area contributed by atoms with Crippen LogP contribution in [0, 0.1) is 20.8 Å². The van der Waals surface area contributed by atoms with Gasteiger partial charge in [0.1, 0.15) is 12.6 Å². The Hall–Kier alpha value is -4.13. The molecule has 3 aromatic carbocycles. The number of carbonyl (C=O) groups excluding carboxylic acids is 3. The lowest BCUT2D eigenvalue weighted by molar-refractivity contribution is -0.125. The standard InChI is InChI=1S/C33H40N4O3/c1-7-33(5,6)35-30(38)20-36-28-18-23(4)13-16-26(28)27(24-14-11-21(2)12-15-24)19-29(31(36)39)37(32(34)40)25-10-8-9-22(3)17-25/h8-18,27,29H,7,19-20H2,1-6H3,(H2,34,40)(H,35,38). The van der Waals surface area contributed by atoms with Crippen molar-refractivity contribution >= 4 is 29.2 Å². The molecule has 1 aliphatic heterocycles. The van der Waals surface area contributed by atoms with Gasteiger partial charge in [0.25, 0.3) is 5.91 Å². The number of primary amides is 1. The van der Waals surface area contributed by atoms with E-state index in [9.17, 15) is 14.4 Å². The molecule has 0 bridgehead atoms. The van der Waals surface area contributed by atoms with Crippen molar-refractivity contribution in [2.75, 3.05) is 16.3 Å². The molecule has 0 aliphatic carbocycles. The van der Waals surface area contributed by atoms with Crippen molar-refractivity contribution in [2.24, 2.45) is 5.73 Å². The maximum Gasteiger partial charge on any atom is 0.320 e. The first-order valence-corrected chi connectivity index (χ1v) is 13.8. The fraction of sp³-hybridized carbons (Fsp3) is 0.364. The van der Waals surface area contributed by atoms with Gasteiger partial charge in [-0.15, -0.1) is 0 Å². The SMILES string of the molecule is CCC(C)(C)NC(=O)CN1C(=O)C(N(C(N)=O)c2cccc(C)c2)CC(c2ccc(C)cc2)c2ccc(C)cc21. The third-order valence-electron chi connectivity index (χ3n) is 7.83. The summed E-state index contributed by atoms with van der Waals surface area (Å²) in [5.74, 6) is -0.815. The first-order valence-electron chi connectivity index (χ1n) is 13.8. The maximum absolute atomic E-state index is 14.5. The minimum Gasteiger partial charge on any atom is -0.351 e. The third kappa shape index (κ3) is 6.19. The van der Waals surface area contributed by atoms with Gasteiger partial charge in [0.15, 0.2) is 0 Å². The van der Waals surface area contributed by atoms with Gasteiger partial charge in [0.2, 0.25) is 5.91 Å². The molecule has 3 aromatic rings. The van der Waals surface area contributed by atoms with Gasteiger partial charge in [0, 0.05) is 22.8 Å². The molecule has 0 fully saturated rings. The normalized spacial score (nSPS) is 17.1. The zero-order chi connectivity index (χ0) is 29.2. The fourth-order valence-electron chi connectivity index (χ4n) is 5.31. The zero-order valence-electron chi connectivity index (χ0n) is 24.3. The molecular formula is C33H40N4O3. The highest BCUT2D eigenvalue weighted by atomic mass is 16.2. The van der Waals surface area contributed by atoms with Crippen LogP contribution in [0.2, 0.25) is 0 Å². The quantitative estimate of drug-likeness (QED) is 0.400. The molecule has 3 N–H and O–H groups in total. The van der Waals surface area contributed by atoms with Gasteiger partial charge >= 0.3 is 6.03 Å². The molecule has 0 aromatic heterocycles. The average Bonchev–Trinajstić information content (AvgIpc) is 2.99. The van der Waals surface area contributed by atoms with E-state index in [-0.39, 0.29) is 24.3 Å². The lowest BCUT2D eigenvalue weighted by atomic mass is 9.85. The van der Waals surface area contributed by atoms with Gasteiger partial charge in [0.05, 0.1) is 0 Å². The van der Waals surface area contributed by atoms with E-state index in [1.807, 2.05) is 77.9 Å². The fourth-order valence-corrected chi connectivity index (χ4v) is 5.31. The van der Waals surface area contributed by atoms with Gasteiger partial charge in [-0.2, -0.15) is 0 Å². The van der Waals surface area contributed by atoms with Crippen LogP contribution in [0.25, 0.3) is 0 Å². The number of nitrogens with two attached hydrogens (primary N) is 1. The molecule has 40 heavy (non-hydrogen) atoms.